The Morgan fingerprint density at radius 3 is 2.78 bits per heavy atom. The van der Waals surface area contributed by atoms with Crippen LogP contribution in [0.25, 0.3) is 16.5 Å². The van der Waals surface area contributed by atoms with E-state index < -0.39 is 0 Å². The highest BCUT2D eigenvalue weighted by Crippen LogP contribution is 2.28. The van der Waals surface area contributed by atoms with Crippen molar-refractivity contribution in [3.05, 3.63) is 112 Å². The molecule has 5 aromatic rings. The lowest BCUT2D eigenvalue weighted by Crippen LogP contribution is -2.15. The van der Waals surface area contributed by atoms with Crippen LogP contribution >= 0.6 is 0 Å². The number of benzene rings is 2. The number of nitrogens with zero attached hydrogens (tertiary/aromatic N) is 4. The number of rotatable bonds is 7. The molecule has 0 fully saturated rings. The Hall–Kier alpha value is -4.72. The lowest BCUT2D eigenvalue weighted by Gasteiger charge is -2.15. The van der Waals surface area contributed by atoms with Gasteiger partial charge in [0.15, 0.2) is 5.82 Å². The average molecular weight is 479 g/mol. The summed E-state index contributed by atoms with van der Waals surface area (Å²) < 4.78 is 7.57. The van der Waals surface area contributed by atoms with Crippen molar-refractivity contribution >= 4 is 22.4 Å². The number of anilines is 2. The van der Waals surface area contributed by atoms with Crippen LogP contribution in [0.2, 0.25) is 0 Å². The maximum absolute atomic E-state index is 12.1. The van der Waals surface area contributed by atoms with Crippen LogP contribution in [0, 0.1) is 13.8 Å². The van der Waals surface area contributed by atoms with E-state index in [-0.39, 0.29) is 5.56 Å². The Balaban J connectivity index is 1.28. The molecule has 3 heterocycles. The second kappa shape index (κ2) is 9.87. The van der Waals surface area contributed by atoms with Gasteiger partial charge in [0.05, 0.1) is 6.20 Å². The Labute approximate surface area is 208 Å². The molecule has 0 aliphatic heterocycles. The Morgan fingerprint density at radius 2 is 1.92 bits per heavy atom. The van der Waals surface area contributed by atoms with E-state index in [0.29, 0.717) is 30.5 Å². The van der Waals surface area contributed by atoms with Gasteiger partial charge in [0.25, 0.3) is 5.56 Å². The van der Waals surface area contributed by atoms with E-state index >= 15 is 0 Å². The normalized spacial score (nSPS) is 10.9. The molecule has 5 rings (SSSR count). The van der Waals surface area contributed by atoms with Crippen molar-refractivity contribution in [3.63, 3.8) is 0 Å². The zero-order valence-electron chi connectivity index (χ0n) is 20.1. The number of ether oxygens (including phenoxy) is 1. The van der Waals surface area contributed by atoms with Gasteiger partial charge in [0.2, 0.25) is 0 Å². The van der Waals surface area contributed by atoms with E-state index in [1.54, 1.807) is 29.2 Å². The van der Waals surface area contributed by atoms with Gasteiger partial charge in [-0.1, -0.05) is 18.2 Å². The van der Waals surface area contributed by atoms with Gasteiger partial charge in [-0.3, -0.25) is 9.36 Å². The summed E-state index contributed by atoms with van der Waals surface area (Å²) in [7, 11) is 0. The van der Waals surface area contributed by atoms with Gasteiger partial charge in [-0.15, -0.1) is 5.10 Å². The van der Waals surface area contributed by atoms with Gasteiger partial charge in [0, 0.05) is 42.1 Å². The van der Waals surface area contributed by atoms with Gasteiger partial charge in [-0.2, -0.15) is 5.10 Å². The minimum Gasteiger partial charge on any atom is -0.487 e. The molecule has 36 heavy (non-hydrogen) atoms. The fourth-order valence-electron chi connectivity index (χ4n) is 4.30. The second-order valence-electron chi connectivity index (χ2n) is 8.59. The molecule has 180 valence electrons. The number of hydrogen-bond donors (Lipinski definition) is 2. The van der Waals surface area contributed by atoms with Gasteiger partial charge in [-0.05, 0) is 71.8 Å². The third-order valence-electron chi connectivity index (χ3n) is 6.21. The summed E-state index contributed by atoms with van der Waals surface area (Å²) in [5.41, 5.74) is 11.2. The zero-order chi connectivity index (χ0) is 25.1. The van der Waals surface area contributed by atoms with E-state index in [4.69, 9.17) is 10.5 Å². The second-order valence-corrected chi connectivity index (χ2v) is 8.59. The van der Waals surface area contributed by atoms with E-state index in [1.807, 2.05) is 42.5 Å². The van der Waals surface area contributed by atoms with Gasteiger partial charge in [-0.25, -0.2) is 4.98 Å². The van der Waals surface area contributed by atoms with Crippen LogP contribution in [0.4, 0.5) is 11.6 Å². The summed E-state index contributed by atoms with van der Waals surface area (Å²) in [6, 6.07) is 18.7. The highest BCUT2D eigenvalue weighted by atomic mass is 16.5. The minimum atomic E-state index is -0.0818. The van der Waals surface area contributed by atoms with Gasteiger partial charge < -0.3 is 15.8 Å². The number of fused-ring (bicyclic) bond motifs is 1. The summed E-state index contributed by atoms with van der Waals surface area (Å²) >= 11 is 0. The molecule has 0 unspecified atom stereocenters. The van der Waals surface area contributed by atoms with E-state index in [9.17, 15) is 4.79 Å². The third-order valence-corrected chi connectivity index (χ3v) is 6.21. The molecule has 0 saturated carbocycles. The molecule has 0 aliphatic rings. The van der Waals surface area contributed by atoms with Crippen LogP contribution in [0.3, 0.4) is 0 Å². The number of nitrogens with two attached hydrogens (primary N) is 1. The van der Waals surface area contributed by atoms with Gasteiger partial charge >= 0.3 is 0 Å². The fourth-order valence-corrected chi connectivity index (χ4v) is 4.30. The number of nitrogen functional groups attached to an aromatic ring is 1. The zero-order valence-corrected chi connectivity index (χ0v) is 20.1. The Bertz CT molecular complexity index is 1610. The summed E-state index contributed by atoms with van der Waals surface area (Å²) in [6.07, 6.45) is 5.06. The largest absolute Gasteiger partial charge is 0.487 e. The van der Waals surface area contributed by atoms with E-state index in [1.165, 1.54) is 11.6 Å². The predicted octanol–water partition coefficient (Wildman–Crippen LogP) is 4.57. The summed E-state index contributed by atoms with van der Waals surface area (Å²) in [6.45, 7) is 5.08. The van der Waals surface area contributed by atoms with Crippen molar-refractivity contribution in [1.29, 1.82) is 0 Å². The van der Waals surface area contributed by atoms with E-state index in [2.05, 4.69) is 40.4 Å². The molecule has 8 nitrogen and oxygen atoms in total. The van der Waals surface area contributed by atoms with Crippen molar-refractivity contribution in [2.45, 2.75) is 27.0 Å². The molecule has 3 N–H and O–H groups in total. The number of hydrogen-bond acceptors (Lipinski definition) is 7. The topological polar surface area (TPSA) is 108 Å². The Kier molecular flexibility index (Phi) is 6.32. The van der Waals surface area contributed by atoms with Crippen LogP contribution in [-0.4, -0.2) is 19.7 Å². The first-order chi connectivity index (χ1) is 17.5. The minimum absolute atomic E-state index is 0.0818. The van der Waals surface area contributed by atoms with E-state index in [0.717, 1.165) is 33.2 Å². The first-order valence-electron chi connectivity index (χ1n) is 11.6. The number of aromatic nitrogens is 4. The van der Waals surface area contributed by atoms with Gasteiger partial charge in [0.1, 0.15) is 18.2 Å². The first-order valence-corrected chi connectivity index (χ1v) is 11.6. The SMILES string of the molecule is Cc1cc2c(N)nccc2c(C)c1CNc1cc(OCc2cccc(-n3ccccc3=O)c2)cnn1. The summed E-state index contributed by atoms with van der Waals surface area (Å²) in [5, 5.41) is 13.7. The van der Waals surface area contributed by atoms with Crippen molar-refractivity contribution in [2.75, 3.05) is 11.1 Å². The van der Waals surface area contributed by atoms with Crippen LogP contribution in [0.1, 0.15) is 22.3 Å². The van der Waals surface area contributed by atoms with Crippen molar-refractivity contribution < 1.29 is 4.74 Å². The molecule has 0 atom stereocenters. The summed E-state index contributed by atoms with van der Waals surface area (Å²) in [5.74, 6) is 1.75. The maximum Gasteiger partial charge on any atom is 0.255 e. The molecule has 2 aromatic carbocycles. The predicted molar refractivity (Wildman–Crippen MR) is 141 cm³/mol. The quantitative estimate of drug-likeness (QED) is 0.353. The maximum atomic E-state index is 12.1. The molecule has 0 bridgehead atoms. The lowest BCUT2D eigenvalue weighted by molar-refractivity contribution is 0.304. The molecule has 0 spiro atoms. The number of aryl methyl sites for hydroxylation is 2. The average Bonchev–Trinajstić information content (AvgIpc) is 2.89. The number of pyridine rings is 2. The molecule has 3 aromatic heterocycles. The highest BCUT2D eigenvalue weighted by Gasteiger charge is 2.11. The van der Waals surface area contributed by atoms with Crippen molar-refractivity contribution in [3.8, 4) is 11.4 Å². The fraction of sp³-hybridized carbons (Fsp3) is 0.143. The Morgan fingerprint density at radius 1 is 1.03 bits per heavy atom. The molecule has 0 radical (unpaired) electrons. The smallest absolute Gasteiger partial charge is 0.255 e. The van der Waals surface area contributed by atoms with Crippen molar-refractivity contribution in [1.82, 2.24) is 19.7 Å². The van der Waals surface area contributed by atoms with Crippen LogP contribution in [0.15, 0.2) is 84.0 Å². The standard InChI is InChI=1S/C28H26N6O2/c1-18-12-24-23(9-10-30-28(24)29)19(2)25(18)16-31-26-14-22(15-32-33-26)36-17-20-6-5-7-21(13-20)34-11-4-3-8-27(34)35/h3-15H,16-17H2,1-2H3,(H2,29,30)(H,31,33). The molecular formula is C28H26N6O2. The third kappa shape index (κ3) is 4.74. The summed E-state index contributed by atoms with van der Waals surface area (Å²) in [4.78, 5) is 16.3. The first kappa shape index (κ1) is 23.0. The molecular weight excluding hydrogens is 452 g/mol. The molecule has 0 amide bonds. The monoisotopic (exact) mass is 478 g/mol. The molecule has 0 aliphatic carbocycles. The van der Waals surface area contributed by atoms with Crippen molar-refractivity contribution in [2.24, 2.45) is 0 Å². The highest BCUT2D eigenvalue weighted by molar-refractivity contribution is 5.94. The van der Waals surface area contributed by atoms with Crippen LogP contribution in [0.5, 0.6) is 5.75 Å². The number of nitrogens with one attached hydrogen (secondary N) is 1. The van der Waals surface area contributed by atoms with Crippen LogP contribution < -0.4 is 21.3 Å². The molecule has 0 saturated heterocycles. The molecule has 8 heteroatoms. The lowest BCUT2D eigenvalue weighted by atomic mass is 9.96. The van der Waals surface area contributed by atoms with Crippen LogP contribution in [-0.2, 0) is 13.2 Å².